The lowest BCUT2D eigenvalue weighted by Gasteiger charge is -2.06. The molecule has 0 bridgehead atoms. The first-order valence-electron chi connectivity index (χ1n) is 8.87. The van der Waals surface area contributed by atoms with Crippen molar-refractivity contribution in [3.63, 3.8) is 0 Å². The second kappa shape index (κ2) is 17.4. The molecule has 0 aromatic rings. The number of ether oxygens (including phenoxy) is 1. The average molecular weight is 300 g/mol. The van der Waals surface area contributed by atoms with E-state index in [9.17, 15) is 4.79 Å². The minimum absolute atomic E-state index is 0.0461. The Morgan fingerprint density at radius 1 is 0.905 bits per heavy atom. The SMILES string of the molecule is CCCCCCCOC(=O)CCCNCCCCCCN. The van der Waals surface area contributed by atoms with Gasteiger partial charge in [0.15, 0.2) is 0 Å². The molecule has 0 aliphatic heterocycles. The van der Waals surface area contributed by atoms with Crippen LogP contribution in [0.2, 0.25) is 0 Å². The normalized spacial score (nSPS) is 10.8. The molecule has 0 heterocycles. The number of nitrogens with two attached hydrogens (primary N) is 1. The highest BCUT2D eigenvalue weighted by Crippen LogP contribution is 2.03. The van der Waals surface area contributed by atoms with Gasteiger partial charge in [0.05, 0.1) is 6.61 Å². The first kappa shape index (κ1) is 20.4. The van der Waals surface area contributed by atoms with Crippen molar-refractivity contribution in [2.24, 2.45) is 5.73 Å². The molecule has 126 valence electrons. The van der Waals surface area contributed by atoms with Gasteiger partial charge in [-0.15, -0.1) is 0 Å². The smallest absolute Gasteiger partial charge is 0.305 e. The summed E-state index contributed by atoms with van der Waals surface area (Å²) < 4.78 is 5.22. The zero-order valence-electron chi connectivity index (χ0n) is 14.0. The Morgan fingerprint density at radius 2 is 1.57 bits per heavy atom. The quantitative estimate of drug-likeness (QED) is 0.339. The van der Waals surface area contributed by atoms with Crippen molar-refractivity contribution < 1.29 is 9.53 Å². The predicted octanol–water partition coefficient (Wildman–Crippen LogP) is 3.39. The molecular formula is C17H36N2O2. The molecule has 0 radical (unpaired) electrons. The molecule has 0 spiro atoms. The highest BCUT2D eigenvalue weighted by molar-refractivity contribution is 5.69. The summed E-state index contributed by atoms with van der Waals surface area (Å²) in [6.45, 7) is 5.54. The molecule has 0 rings (SSSR count). The molecule has 0 aromatic carbocycles. The summed E-state index contributed by atoms with van der Waals surface area (Å²) in [6.07, 6.45) is 12.2. The van der Waals surface area contributed by atoms with Crippen molar-refractivity contribution in [3.8, 4) is 0 Å². The maximum absolute atomic E-state index is 11.5. The minimum Gasteiger partial charge on any atom is -0.466 e. The number of rotatable bonds is 16. The van der Waals surface area contributed by atoms with Gasteiger partial charge in [-0.3, -0.25) is 4.79 Å². The van der Waals surface area contributed by atoms with E-state index in [1.165, 1.54) is 44.9 Å². The first-order valence-corrected chi connectivity index (χ1v) is 8.87. The maximum Gasteiger partial charge on any atom is 0.305 e. The summed E-state index contributed by atoms with van der Waals surface area (Å²) in [6, 6.07) is 0. The van der Waals surface area contributed by atoms with E-state index in [1.54, 1.807) is 0 Å². The molecule has 0 aliphatic rings. The maximum atomic E-state index is 11.5. The van der Waals surface area contributed by atoms with Crippen LogP contribution in [-0.2, 0) is 9.53 Å². The second-order valence-corrected chi connectivity index (χ2v) is 5.69. The van der Waals surface area contributed by atoms with Crippen molar-refractivity contribution in [2.75, 3.05) is 26.2 Å². The summed E-state index contributed by atoms with van der Waals surface area (Å²) in [4.78, 5) is 11.5. The zero-order chi connectivity index (χ0) is 15.6. The van der Waals surface area contributed by atoms with Crippen LogP contribution < -0.4 is 11.1 Å². The Morgan fingerprint density at radius 3 is 2.33 bits per heavy atom. The molecule has 0 atom stereocenters. The van der Waals surface area contributed by atoms with E-state index in [-0.39, 0.29) is 5.97 Å². The van der Waals surface area contributed by atoms with Gasteiger partial charge >= 0.3 is 5.97 Å². The third kappa shape index (κ3) is 17.3. The molecule has 21 heavy (non-hydrogen) atoms. The molecular weight excluding hydrogens is 264 g/mol. The third-order valence-corrected chi connectivity index (χ3v) is 3.55. The Kier molecular flexibility index (Phi) is 16.9. The Bertz CT molecular complexity index is 223. The van der Waals surface area contributed by atoms with Crippen LogP contribution in [0.3, 0.4) is 0 Å². The topological polar surface area (TPSA) is 64.3 Å². The van der Waals surface area contributed by atoms with Crippen molar-refractivity contribution in [3.05, 3.63) is 0 Å². The van der Waals surface area contributed by atoms with Gasteiger partial charge in [0.2, 0.25) is 0 Å². The second-order valence-electron chi connectivity index (χ2n) is 5.69. The summed E-state index contributed by atoms with van der Waals surface area (Å²) in [5.74, 6) is -0.0461. The van der Waals surface area contributed by atoms with E-state index in [0.717, 1.165) is 38.9 Å². The monoisotopic (exact) mass is 300 g/mol. The largest absolute Gasteiger partial charge is 0.466 e. The number of hydrogen-bond donors (Lipinski definition) is 2. The highest BCUT2D eigenvalue weighted by Gasteiger charge is 2.01. The predicted molar refractivity (Wildman–Crippen MR) is 89.3 cm³/mol. The minimum atomic E-state index is -0.0461. The molecule has 0 saturated carbocycles. The Hall–Kier alpha value is -0.610. The molecule has 0 amide bonds. The van der Waals surface area contributed by atoms with Crippen LogP contribution in [-0.4, -0.2) is 32.2 Å². The molecule has 0 fully saturated rings. The summed E-state index contributed by atoms with van der Waals surface area (Å²) in [5, 5.41) is 3.37. The molecule has 4 nitrogen and oxygen atoms in total. The average Bonchev–Trinajstić information content (AvgIpc) is 2.49. The van der Waals surface area contributed by atoms with Crippen LogP contribution in [0.25, 0.3) is 0 Å². The molecule has 4 heteroatoms. The van der Waals surface area contributed by atoms with E-state index in [4.69, 9.17) is 10.5 Å². The Balaban J connectivity index is 3.12. The van der Waals surface area contributed by atoms with Crippen LogP contribution in [0.4, 0.5) is 0 Å². The summed E-state index contributed by atoms with van der Waals surface area (Å²) >= 11 is 0. The van der Waals surface area contributed by atoms with Gasteiger partial charge in [0.1, 0.15) is 0 Å². The van der Waals surface area contributed by atoms with Gasteiger partial charge in [0.25, 0.3) is 0 Å². The van der Waals surface area contributed by atoms with Gasteiger partial charge < -0.3 is 15.8 Å². The number of carbonyl (C=O) groups excluding carboxylic acids is 1. The van der Waals surface area contributed by atoms with Crippen LogP contribution in [0, 0.1) is 0 Å². The standard InChI is InChI=1S/C17H36N2O2/c1-2-3-4-7-10-16-21-17(20)12-11-15-19-14-9-6-5-8-13-18/h19H,2-16,18H2,1H3. The number of unbranched alkanes of at least 4 members (excludes halogenated alkanes) is 7. The zero-order valence-corrected chi connectivity index (χ0v) is 14.0. The lowest BCUT2D eigenvalue weighted by molar-refractivity contribution is -0.143. The molecule has 0 unspecified atom stereocenters. The fourth-order valence-corrected chi connectivity index (χ4v) is 2.19. The van der Waals surface area contributed by atoms with E-state index >= 15 is 0 Å². The van der Waals surface area contributed by atoms with Crippen molar-refractivity contribution in [1.82, 2.24) is 5.32 Å². The lowest BCUT2D eigenvalue weighted by atomic mass is 10.2. The van der Waals surface area contributed by atoms with Gasteiger partial charge in [-0.25, -0.2) is 0 Å². The Labute approximate surface area is 131 Å². The summed E-state index contributed by atoms with van der Waals surface area (Å²) in [5.41, 5.74) is 5.44. The van der Waals surface area contributed by atoms with Gasteiger partial charge in [0, 0.05) is 6.42 Å². The van der Waals surface area contributed by atoms with E-state index in [0.29, 0.717) is 13.0 Å². The lowest BCUT2D eigenvalue weighted by Crippen LogP contribution is -2.18. The first-order chi connectivity index (χ1) is 10.3. The van der Waals surface area contributed by atoms with Gasteiger partial charge in [-0.2, -0.15) is 0 Å². The van der Waals surface area contributed by atoms with Crippen molar-refractivity contribution in [2.45, 2.75) is 77.6 Å². The van der Waals surface area contributed by atoms with Gasteiger partial charge in [-0.1, -0.05) is 45.4 Å². The molecule has 3 N–H and O–H groups in total. The summed E-state index contributed by atoms with van der Waals surface area (Å²) in [7, 11) is 0. The molecule has 0 aromatic heterocycles. The highest BCUT2D eigenvalue weighted by atomic mass is 16.5. The van der Waals surface area contributed by atoms with Gasteiger partial charge in [-0.05, 0) is 45.3 Å². The van der Waals surface area contributed by atoms with Crippen LogP contribution in [0.15, 0.2) is 0 Å². The van der Waals surface area contributed by atoms with Crippen molar-refractivity contribution >= 4 is 5.97 Å². The third-order valence-electron chi connectivity index (χ3n) is 3.55. The van der Waals surface area contributed by atoms with Crippen LogP contribution in [0.1, 0.15) is 77.6 Å². The fraction of sp³-hybridized carbons (Fsp3) is 0.941. The van der Waals surface area contributed by atoms with E-state index < -0.39 is 0 Å². The molecule has 0 saturated heterocycles. The number of esters is 1. The van der Waals surface area contributed by atoms with Crippen molar-refractivity contribution in [1.29, 1.82) is 0 Å². The number of hydrogen-bond acceptors (Lipinski definition) is 4. The van der Waals surface area contributed by atoms with Crippen LogP contribution >= 0.6 is 0 Å². The fourth-order valence-electron chi connectivity index (χ4n) is 2.19. The number of carbonyl (C=O) groups is 1. The molecule has 0 aliphatic carbocycles. The van der Waals surface area contributed by atoms with E-state index in [2.05, 4.69) is 12.2 Å². The van der Waals surface area contributed by atoms with E-state index in [1.807, 2.05) is 0 Å². The van der Waals surface area contributed by atoms with Crippen LogP contribution in [0.5, 0.6) is 0 Å². The number of nitrogens with one attached hydrogen (secondary N) is 1.